The van der Waals surface area contributed by atoms with Crippen molar-refractivity contribution < 1.29 is 4.42 Å². The first-order valence-corrected chi connectivity index (χ1v) is 20.7. The maximum absolute atomic E-state index is 6.91. The van der Waals surface area contributed by atoms with Crippen molar-refractivity contribution in [2.45, 2.75) is 70.6 Å². The van der Waals surface area contributed by atoms with Crippen molar-refractivity contribution in [3.8, 4) is 22.3 Å². The Labute approximate surface area is 335 Å². The first kappa shape index (κ1) is 33.2. The Morgan fingerprint density at radius 1 is 0.544 bits per heavy atom. The molecular formula is C53H45BN2O. The largest absolute Gasteiger partial charge is 0.456 e. The molecule has 4 aliphatic rings. The van der Waals surface area contributed by atoms with Crippen LogP contribution in [0.2, 0.25) is 0 Å². The molecule has 7 aromatic carbocycles. The summed E-state index contributed by atoms with van der Waals surface area (Å²) in [6.45, 7) is 14.5. The lowest BCUT2D eigenvalue weighted by Gasteiger charge is -2.51. The molecule has 3 aliphatic heterocycles. The van der Waals surface area contributed by atoms with E-state index >= 15 is 0 Å². The maximum atomic E-state index is 6.91. The Kier molecular flexibility index (Phi) is 6.46. The van der Waals surface area contributed by atoms with Gasteiger partial charge in [0.15, 0.2) is 0 Å². The van der Waals surface area contributed by atoms with Crippen LogP contribution in [0.4, 0.5) is 28.4 Å². The zero-order valence-electron chi connectivity index (χ0n) is 33.6. The summed E-state index contributed by atoms with van der Waals surface area (Å²) in [5.41, 5.74) is 21.4. The summed E-state index contributed by atoms with van der Waals surface area (Å²) in [6, 6.07) is 52.4. The van der Waals surface area contributed by atoms with Crippen molar-refractivity contribution in [3.63, 3.8) is 0 Å². The first-order valence-electron chi connectivity index (χ1n) is 20.7. The number of furan rings is 1. The summed E-state index contributed by atoms with van der Waals surface area (Å²) in [6.07, 6.45) is 2.32. The molecule has 4 heteroatoms. The third-order valence-electron chi connectivity index (χ3n) is 14.3. The SMILES string of the molecule is CC1(C)CCC(C)(C)c2cc3c(cc21)-c1c2c(cc4oc5ccccc5c14)N1c4ccccc4C(C)(C)c4cccc(c41)B2N3c1ccc(-c2ccccc2)cc1. The number of rotatable bonds is 2. The molecule has 0 saturated heterocycles. The number of hydrogen-bond acceptors (Lipinski definition) is 3. The van der Waals surface area contributed by atoms with Crippen LogP contribution in [0.15, 0.2) is 144 Å². The predicted molar refractivity (Wildman–Crippen MR) is 240 cm³/mol. The molecule has 276 valence electrons. The second-order valence-electron chi connectivity index (χ2n) is 18.7. The number of para-hydroxylation sites is 3. The van der Waals surface area contributed by atoms with Gasteiger partial charge in [-0.3, -0.25) is 0 Å². The van der Waals surface area contributed by atoms with Gasteiger partial charge in [0.05, 0.1) is 5.69 Å². The molecule has 12 rings (SSSR count). The molecule has 57 heavy (non-hydrogen) atoms. The summed E-state index contributed by atoms with van der Waals surface area (Å²) in [5, 5.41) is 2.39. The summed E-state index contributed by atoms with van der Waals surface area (Å²) in [7, 11) is 0. The van der Waals surface area contributed by atoms with Gasteiger partial charge in [0.25, 0.3) is 0 Å². The van der Waals surface area contributed by atoms with E-state index in [2.05, 4.69) is 191 Å². The highest BCUT2D eigenvalue weighted by Gasteiger charge is 2.51. The van der Waals surface area contributed by atoms with Crippen LogP contribution in [-0.4, -0.2) is 6.85 Å². The normalized spacial score (nSPS) is 17.5. The Morgan fingerprint density at radius 3 is 2.00 bits per heavy atom. The van der Waals surface area contributed by atoms with Gasteiger partial charge >= 0.3 is 6.85 Å². The quantitative estimate of drug-likeness (QED) is 0.165. The average molecular weight is 737 g/mol. The van der Waals surface area contributed by atoms with Crippen LogP contribution in [-0.2, 0) is 16.2 Å². The molecule has 8 aromatic rings. The molecule has 1 aromatic heterocycles. The van der Waals surface area contributed by atoms with E-state index in [-0.39, 0.29) is 23.1 Å². The van der Waals surface area contributed by atoms with Crippen molar-refractivity contribution in [2.24, 2.45) is 0 Å². The van der Waals surface area contributed by atoms with Gasteiger partial charge in [-0.05, 0) is 110 Å². The standard InChI is InChI=1S/C53H45BN2O/c1-51(2)27-28-52(3,4)40-30-43-36(29-39(40)51)48-47-35-17-10-13-22-45(35)57-46(47)31-44-49(48)54(56(43)34-25-23-33(24-26-34)32-15-8-7-9-16-32)41-20-14-19-38-50(41)55(44)42-21-12-11-18-37(42)53(38,5)6/h7-26,29-31H,27-28H2,1-6H3. The maximum Gasteiger partial charge on any atom is 0.333 e. The molecule has 0 fully saturated rings. The Morgan fingerprint density at radius 2 is 1.21 bits per heavy atom. The summed E-state index contributed by atoms with van der Waals surface area (Å²) < 4.78 is 6.91. The summed E-state index contributed by atoms with van der Waals surface area (Å²) >= 11 is 0. The lowest BCUT2D eigenvalue weighted by Crippen LogP contribution is -2.62. The molecule has 0 saturated carbocycles. The van der Waals surface area contributed by atoms with Gasteiger partial charge in [0.1, 0.15) is 11.2 Å². The van der Waals surface area contributed by atoms with Crippen LogP contribution in [0.3, 0.4) is 0 Å². The lowest BCUT2D eigenvalue weighted by molar-refractivity contribution is 0.332. The molecule has 0 radical (unpaired) electrons. The van der Waals surface area contributed by atoms with Crippen LogP contribution in [0.1, 0.15) is 76.6 Å². The minimum absolute atomic E-state index is 0.0458. The van der Waals surface area contributed by atoms with E-state index in [0.717, 1.165) is 24.0 Å². The Hall–Kier alpha value is -6.00. The van der Waals surface area contributed by atoms with Gasteiger partial charge in [-0.1, -0.05) is 139 Å². The number of benzene rings is 7. The number of anilines is 5. The number of fused-ring (bicyclic) bond motifs is 11. The van der Waals surface area contributed by atoms with Crippen molar-refractivity contribution >= 4 is 68.1 Å². The van der Waals surface area contributed by atoms with Gasteiger partial charge in [0.2, 0.25) is 0 Å². The van der Waals surface area contributed by atoms with E-state index in [0.29, 0.717) is 0 Å². The molecule has 0 unspecified atom stereocenters. The fourth-order valence-electron chi connectivity index (χ4n) is 11.2. The highest BCUT2D eigenvalue weighted by Crippen LogP contribution is 2.58. The zero-order chi connectivity index (χ0) is 38.6. The van der Waals surface area contributed by atoms with Crippen LogP contribution < -0.4 is 20.6 Å². The molecule has 4 heterocycles. The molecule has 0 spiro atoms. The fourth-order valence-corrected chi connectivity index (χ4v) is 11.2. The Bertz CT molecular complexity index is 3010. The van der Waals surface area contributed by atoms with Gasteiger partial charge < -0.3 is 14.1 Å². The predicted octanol–water partition coefficient (Wildman–Crippen LogP) is 12.9. The number of nitrogens with zero attached hydrogens (tertiary/aromatic N) is 2. The van der Waals surface area contributed by atoms with E-state index in [1.165, 1.54) is 94.6 Å². The summed E-state index contributed by atoms with van der Waals surface area (Å²) in [4.78, 5) is 5.28. The molecular weight excluding hydrogens is 691 g/mol. The van der Waals surface area contributed by atoms with Crippen LogP contribution >= 0.6 is 0 Å². The van der Waals surface area contributed by atoms with Crippen molar-refractivity contribution in [3.05, 3.63) is 162 Å². The minimum atomic E-state index is -0.189. The lowest BCUT2D eigenvalue weighted by atomic mass is 9.42. The van der Waals surface area contributed by atoms with Crippen LogP contribution in [0, 0.1) is 0 Å². The average Bonchev–Trinajstić information content (AvgIpc) is 3.60. The van der Waals surface area contributed by atoms with Crippen molar-refractivity contribution in [1.29, 1.82) is 0 Å². The molecule has 0 atom stereocenters. The van der Waals surface area contributed by atoms with E-state index in [4.69, 9.17) is 4.42 Å². The second-order valence-corrected chi connectivity index (χ2v) is 18.7. The van der Waals surface area contributed by atoms with Crippen molar-refractivity contribution in [1.82, 2.24) is 0 Å². The van der Waals surface area contributed by atoms with Gasteiger partial charge in [-0.25, -0.2) is 0 Å². The molecule has 0 N–H and O–H groups in total. The van der Waals surface area contributed by atoms with Crippen molar-refractivity contribution in [2.75, 3.05) is 9.71 Å². The monoisotopic (exact) mass is 736 g/mol. The van der Waals surface area contributed by atoms with E-state index in [1.807, 2.05) is 0 Å². The van der Waals surface area contributed by atoms with E-state index < -0.39 is 0 Å². The minimum Gasteiger partial charge on any atom is -0.456 e. The number of hydrogen-bond donors (Lipinski definition) is 0. The van der Waals surface area contributed by atoms with Gasteiger partial charge in [0, 0.05) is 50.6 Å². The second kappa shape index (κ2) is 11.1. The molecule has 3 nitrogen and oxygen atoms in total. The first-order chi connectivity index (χ1) is 27.5. The van der Waals surface area contributed by atoms with E-state index in [9.17, 15) is 0 Å². The third-order valence-corrected chi connectivity index (χ3v) is 14.3. The highest BCUT2D eigenvalue weighted by atomic mass is 16.3. The van der Waals surface area contributed by atoms with Crippen LogP contribution in [0.5, 0.6) is 0 Å². The van der Waals surface area contributed by atoms with Gasteiger partial charge in [-0.15, -0.1) is 0 Å². The van der Waals surface area contributed by atoms with Gasteiger partial charge in [-0.2, -0.15) is 0 Å². The third kappa shape index (κ3) is 4.34. The van der Waals surface area contributed by atoms with Crippen LogP contribution in [0.25, 0.3) is 44.2 Å². The smallest absolute Gasteiger partial charge is 0.333 e. The molecule has 0 amide bonds. The Balaban J connectivity index is 1.26. The van der Waals surface area contributed by atoms with E-state index in [1.54, 1.807) is 0 Å². The summed E-state index contributed by atoms with van der Waals surface area (Å²) in [5.74, 6) is 0. The topological polar surface area (TPSA) is 19.6 Å². The fraction of sp³-hybridized carbons (Fsp3) is 0.208. The zero-order valence-corrected chi connectivity index (χ0v) is 33.6. The molecule has 0 bridgehead atoms. The molecule has 1 aliphatic carbocycles. The highest BCUT2D eigenvalue weighted by molar-refractivity contribution is 6.94.